The molecule has 116 valence electrons. The van der Waals surface area contributed by atoms with Gasteiger partial charge in [-0.05, 0) is 48.5 Å². The predicted molar refractivity (Wildman–Crippen MR) is 87.7 cm³/mol. The quantitative estimate of drug-likeness (QED) is 0.602. The molecule has 3 rings (SSSR count). The van der Waals surface area contributed by atoms with Gasteiger partial charge in [0.1, 0.15) is 11.6 Å². The number of ether oxygens (including phenoxy) is 2. The van der Waals surface area contributed by atoms with Crippen molar-refractivity contribution in [2.75, 3.05) is 7.11 Å². The van der Waals surface area contributed by atoms with E-state index in [0.717, 1.165) is 0 Å². The van der Waals surface area contributed by atoms with Gasteiger partial charge in [-0.25, -0.2) is 14.2 Å². The highest BCUT2D eigenvalue weighted by atomic mass is 79.9. The maximum absolute atomic E-state index is 13.8. The van der Waals surface area contributed by atoms with Crippen LogP contribution in [0.3, 0.4) is 0 Å². The second-order valence-electron chi connectivity index (χ2n) is 4.73. The van der Waals surface area contributed by atoms with Crippen LogP contribution < -0.4 is 4.74 Å². The summed E-state index contributed by atoms with van der Waals surface area (Å²) in [6.07, 6.45) is 1.36. The summed E-state index contributed by atoms with van der Waals surface area (Å²) in [5.41, 5.74) is 0.941. The summed E-state index contributed by atoms with van der Waals surface area (Å²) in [6, 6.07) is 11.4. The molecule has 0 atom stereocenters. The molecule has 0 N–H and O–H groups in total. The molecule has 0 bridgehead atoms. The first-order chi connectivity index (χ1) is 11.1. The lowest BCUT2D eigenvalue weighted by atomic mass is 10.2. The molecule has 0 unspecified atom stereocenters. The smallest absolute Gasteiger partial charge is 0.363 e. The number of benzene rings is 2. The van der Waals surface area contributed by atoms with Gasteiger partial charge >= 0.3 is 5.97 Å². The number of methoxy groups -OCH3 is 1. The van der Waals surface area contributed by atoms with Crippen LogP contribution >= 0.6 is 15.9 Å². The van der Waals surface area contributed by atoms with Gasteiger partial charge in [0.05, 0.1) is 7.11 Å². The number of cyclic esters (lactones) is 1. The standard InChI is InChI=1S/C17H11BrFNO3/c1-22-13-5-2-10(3-6-13)16-20-15(17(21)23-16)9-11-8-12(18)4-7-14(11)19/h2-9H,1H3/b15-9-. The van der Waals surface area contributed by atoms with Crippen LogP contribution in [0.5, 0.6) is 5.75 Å². The van der Waals surface area contributed by atoms with Gasteiger partial charge in [-0.3, -0.25) is 0 Å². The molecule has 0 aliphatic carbocycles. The van der Waals surface area contributed by atoms with E-state index in [-0.39, 0.29) is 17.2 Å². The fourth-order valence-corrected chi connectivity index (χ4v) is 2.42. The third-order valence-corrected chi connectivity index (χ3v) is 3.70. The lowest BCUT2D eigenvalue weighted by Gasteiger charge is -2.01. The second kappa shape index (κ2) is 6.34. The normalized spacial score (nSPS) is 15.5. The monoisotopic (exact) mass is 375 g/mol. The van der Waals surface area contributed by atoms with Gasteiger partial charge in [0.15, 0.2) is 5.70 Å². The summed E-state index contributed by atoms with van der Waals surface area (Å²) in [4.78, 5) is 16.1. The van der Waals surface area contributed by atoms with Gasteiger partial charge < -0.3 is 9.47 Å². The van der Waals surface area contributed by atoms with E-state index in [9.17, 15) is 9.18 Å². The van der Waals surface area contributed by atoms with Crippen LogP contribution in [0.15, 0.2) is 57.6 Å². The Morgan fingerprint density at radius 3 is 2.65 bits per heavy atom. The highest BCUT2D eigenvalue weighted by Gasteiger charge is 2.24. The van der Waals surface area contributed by atoms with E-state index in [1.807, 2.05) is 0 Å². The number of carbonyl (C=O) groups is 1. The van der Waals surface area contributed by atoms with Crippen molar-refractivity contribution in [1.29, 1.82) is 0 Å². The Morgan fingerprint density at radius 1 is 1.22 bits per heavy atom. The van der Waals surface area contributed by atoms with E-state index in [4.69, 9.17) is 9.47 Å². The summed E-state index contributed by atoms with van der Waals surface area (Å²) in [5, 5.41) is 0. The maximum atomic E-state index is 13.8. The first-order valence-corrected chi connectivity index (χ1v) is 7.48. The number of hydrogen-bond donors (Lipinski definition) is 0. The van der Waals surface area contributed by atoms with E-state index in [1.165, 1.54) is 12.1 Å². The van der Waals surface area contributed by atoms with Crippen LogP contribution in [0.25, 0.3) is 6.08 Å². The Bertz CT molecular complexity index is 828. The number of nitrogens with zero attached hydrogens (tertiary/aromatic N) is 1. The number of aliphatic imine (C=N–C) groups is 1. The Morgan fingerprint density at radius 2 is 1.96 bits per heavy atom. The maximum Gasteiger partial charge on any atom is 0.363 e. The van der Waals surface area contributed by atoms with Crippen molar-refractivity contribution in [3.8, 4) is 5.75 Å². The largest absolute Gasteiger partial charge is 0.497 e. The third kappa shape index (κ3) is 3.32. The van der Waals surface area contributed by atoms with Crippen molar-refractivity contribution in [3.63, 3.8) is 0 Å². The molecule has 2 aromatic rings. The summed E-state index contributed by atoms with van der Waals surface area (Å²) >= 11 is 3.26. The Labute approximate surface area is 140 Å². The van der Waals surface area contributed by atoms with Gasteiger partial charge in [0.25, 0.3) is 0 Å². The lowest BCUT2D eigenvalue weighted by molar-refractivity contribution is -0.129. The van der Waals surface area contributed by atoms with Gasteiger partial charge in [0.2, 0.25) is 5.90 Å². The first-order valence-electron chi connectivity index (χ1n) is 6.69. The molecule has 4 nitrogen and oxygen atoms in total. The average molecular weight is 376 g/mol. The molecule has 0 aromatic heterocycles. The van der Waals surface area contributed by atoms with Crippen molar-refractivity contribution in [2.45, 2.75) is 0 Å². The van der Waals surface area contributed by atoms with Crippen LogP contribution in [0.1, 0.15) is 11.1 Å². The number of hydrogen-bond acceptors (Lipinski definition) is 4. The highest BCUT2D eigenvalue weighted by Crippen LogP contribution is 2.23. The Balaban J connectivity index is 1.94. The van der Waals surface area contributed by atoms with Gasteiger partial charge in [-0.15, -0.1) is 0 Å². The second-order valence-corrected chi connectivity index (χ2v) is 5.65. The summed E-state index contributed by atoms with van der Waals surface area (Å²) in [5.74, 6) is -0.193. The highest BCUT2D eigenvalue weighted by molar-refractivity contribution is 9.10. The van der Waals surface area contributed by atoms with Crippen molar-refractivity contribution in [1.82, 2.24) is 0 Å². The summed E-state index contributed by atoms with van der Waals surface area (Å²) in [6.45, 7) is 0. The Hall–Kier alpha value is -2.47. The van der Waals surface area contributed by atoms with Crippen LogP contribution in [-0.4, -0.2) is 19.0 Å². The van der Waals surface area contributed by atoms with Crippen molar-refractivity contribution in [3.05, 3.63) is 69.6 Å². The minimum absolute atomic E-state index is 0.0489. The topological polar surface area (TPSA) is 47.9 Å². The number of carbonyl (C=O) groups excluding carboxylic acids is 1. The van der Waals surface area contributed by atoms with E-state index < -0.39 is 11.8 Å². The third-order valence-electron chi connectivity index (χ3n) is 3.21. The molecule has 0 radical (unpaired) electrons. The molecule has 0 fully saturated rings. The zero-order valence-corrected chi connectivity index (χ0v) is 13.6. The van der Waals surface area contributed by atoms with Gasteiger partial charge in [0, 0.05) is 15.6 Å². The van der Waals surface area contributed by atoms with E-state index in [0.29, 0.717) is 15.8 Å². The molecule has 2 aromatic carbocycles. The zero-order chi connectivity index (χ0) is 16.4. The van der Waals surface area contributed by atoms with Crippen molar-refractivity contribution in [2.24, 2.45) is 4.99 Å². The molecular formula is C17H11BrFNO3. The molecule has 1 heterocycles. The van der Waals surface area contributed by atoms with Crippen molar-refractivity contribution >= 4 is 33.9 Å². The van der Waals surface area contributed by atoms with E-state index in [1.54, 1.807) is 43.5 Å². The molecule has 1 aliphatic heterocycles. The molecule has 6 heteroatoms. The lowest BCUT2D eigenvalue weighted by Crippen LogP contribution is -2.05. The number of rotatable bonds is 3. The van der Waals surface area contributed by atoms with Crippen LogP contribution in [0, 0.1) is 5.82 Å². The van der Waals surface area contributed by atoms with Gasteiger partial charge in [-0.2, -0.15) is 0 Å². The molecular weight excluding hydrogens is 365 g/mol. The van der Waals surface area contributed by atoms with Crippen LogP contribution in [0.4, 0.5) is 4.39 Å². The minimum Gasteiger partial charge on any atom is -0.497 e. The number of halogens is 2. The van der Waals surface area contributed by atoms with Crippen LogP contribution in [0.2, 0.25) is 0 Å². The fourth-order valence-electron chi connectivity index (χ4n) is 2.04. The molecule has 0 saturated carbocycles. The average Bonchev–Trinajstić information content (AvgIpc) is 2.92. The number of esters is 1. The fraction of sp³-hybridized carbons (Fsp3) is 0.0588. The van der Waals surface area contributed by atoms with Crippen LogP contribution in [-0.2, 0) is 9.53 Å². The van der Waals surface area contributed by atoms with Gasteiger partial charge in [-0.1, -0.05) is 15.9 Å². The molecule has 0 saturated heterocycles. The molecule has 1 aliphatic rings. The first kappa shape index (κ1) is 15.4. The Kier molecular flexibility index (Phi) is 4.25. The van der Waals surface area contributed by atoms with E-state index >= 15 is 0 Å². The van der Waals surface area contributed by atoms with Crippen molar-refractivity contribution < 1.29 is 18.7 Å². The SMILES string of the molecule is COc1ccc(C2=N/C(=C\c3cc(Br)ccc3F)C(=O)O2)cc1. The summed E-state index contributed by atoms with van der Waals surface area (Å²) < 4.78 is 24.7. The van der Waals surface area contributed by atoms with E-state index in [2.05, 4.69) is 20.9 Å². The summed E-state index contributed by atoms with van der Waals surface area (Å²) in [7, 11) is 1.56. The zero-order valence-electron chi connectivity index (χ0n) is 12.0. The molecule has 23 heavy (non-hydrogen) atoms. The predicted octanol–water partition coefficient (Wildman–Crippen LogP) is 3.94. The molecule has 0 spiro atoms. The minimum atomic E-state index is -0.616. The molecule has 0 amide bonds.